The number of carbonyl (C=O) groups is 1. The van der Waals surface area contributed by atoms with Gasteiger partial charge in [-0.25, -0.2) is 4.98 Å². The van der Waals surface area contributed by atoms with Crippen LogP contribution >= 0.6 is 34.5 Å². The van der Waals surface area contributed by atoms with Crippen LogP contribution in [-0.2, 0) is 0 Å². The molecule has 8 heteroatoms. The molecule has 0 aliphatic carbocycles. The average Bonchev–Trinajstić information content (AvgIpc) is 2.77. The van der Waals surface area contributed by atoms with Crippen molar-refractivity contribution in [3.8, 4) is 0 Å². The van der Waals surface area contributed by atoms with E-state index in [0.717, 1.165) is 5.56 Å². The average molecular weight is 345 g/mol. The van der Waals surface area contributed by atoms with E-state index in [9.17, 15) is 4.79 Å². The molecule has 2 rings (SSSR count). The van der Waals surface area contributed by atoms with Gasteiger partial charge in [-0.3, -0.25) is 4.79 Å². The summed E-state index contributed by atoms with van der Waals surface area (Å²) in [6, 6.07) is 3.30. The highest BCUT2D eigenvalue weighted by Crippen LogP contribution is 2.31. The van der Waals surface area contributed by atoms with Gasteiger partial charge in [0.2, 0.25) is 0 Å². The van der Waals surface area contributed by atoms with Crippen molar-refractivity contribution in [2.24, 2.45) is 0 Å². The van der Waals surface area contributed by atoms with E-state index in [0.29, 0.717) is 32.3 Å². The molecule has 2 aromatic rings. The molecule has 0 unspecified atom stereocenters. The van der Waals surface area contributed by atoms with E-state index in [1.807, 2.05) is 13.8 Å². The summed E-state index contributed by atoms with van der Waals surface area (Å²) >= 11 is 13.3. The molecule has 0 spiro atoms. The van der Waals surface area contributed by atoms with Crippen LogP contribution in [0, 0.1) is 6.92 Å². The molecule has 5 nitrogen and oxygen atoms in total. The lowest BCUT2D eigenvalue weighted by molar-refractivity contribution is 0.103. The van der Waals surface area contributed by atoms with Crippen LogP contribution in [-0.4, -0.2) is 17.4 Å². The summed E-state index contributed by atoms with van der Waals surface area (Å²) in [6.45, 7) is 4.47. The first kappa shape index (κ1) is 15.9. The Bertz CT molecular complexity index is 687. The van der Waals surface area contributed by atoms with Crippen LogP contribution in [0.3, 0.4) is 0 Å². The number of hydrogen-bond donors (Lipinski definition) is 3. The lowest BCUT2D eigenvalue weighted by Crippen LogP contribution is -2.12. The fourth-order valence-electron chi connectivity index (χ4n) is 1.64. The predicted molar refractivity (Wildman–Crippen MR) is 89.8 cm³/mol. The van der Waals surface area contributed by atoms with Crippen molar-refractivity contribution in [2.75, 3.05) is 22.9 Å². The number of nitrogens with zero attached hydrogens (tertiary/aromatic N) is 1. The number of nitrogens with one attached hydrogen (secondary N) is 2. The van der Waals surface area contributed by atoms with Crippen molar-refractivity contribution in [3.05, 3.63) is 32.6 Å². The van der Waals surface area contributed by atoms with E-state index in [1.165, 1.54) is 11.3 Å². The Balaban J connectivity index is 2.24. The molecule has 0 saturated carbocycles. The molecular weight excluding hydrogens is 331 g/mol. The van der Waals surface area contributed by atoms with Crippen LogP contribution in [0.1, 0.15) is 22.2 Å². The summed E-state index contributed by atoms with van der Waals surface area (Å²) in [5.74, 6) is -0.182. The number of aromatic nitrogens is 1. The summed E-state index contributed by atoms with van der Waals surface area (Å²) in [5, 5.41) is 7.26. The lowest BCUT2D eigenvalue weighted by atomic mass is 10.2. The van der Waals surface area contributed by atoms with Crippen LogP contribution < -0.4 is 16.4 Å². The zero-order chi connectivity index (χ0) is 15.6. The van der Waals surface area contributed by atoms with Crippen LogP contribution in [0.15, 0.2) is 12.1 Å². The van der Waals surface area contributed by atoms with Crippen molar-refractivity contribution in [2.45, 2.75) is 13.8 Å². The standard InChI is InChI=1S/C13H14Cl2N4OS/c1-3-17-13-19-11(16)10(21-13)12(20)18-9-5-7(14)6(2)4-8(9)15/h4-5H,3,16H2,1-2H3,(H,17,19)(H,18,20). The second-order valence-electron chi connectivity index (χ2n) is 4.30. The first-order valence-corrected chi connectivity index (χ1v) is 7.76. The first-order chi connectivity index (χ1) is 9.92. The highest BCUT2D eigenvalue weighted by Gasteiger charge is 2.17. The molecule has 0 bridgehead atoms. The van der Waals surface area contributed by atoms with Crippen LogP contribution in [0.2, 0.25) is 10.0 Å². The minimum Gasteiger partial charge on any atom is -0.382 e. The number of nitrogens with two attached hydrogens (primary N) is 1. The van der Waals surface area contributed by atoms with Gasteiger partial charge >= 0.3 is 0 Å². The molecule has 112 valence electrons. The molecule has 1 aromatic carbocycles. The quantitative estimate of drug-likeness (QED) is 0.782. The third-order valence-corrected chi connectivity index (χ3v) is 4.43. The van der Waals surface area contributed by atoms with E-state index in [2.05, 4.69) is 15.6 Å². The molecule has 0 aliphatic heterocycles. The van der Waals surface area contributed by atoms with Gasteiger partial charge in [0.1, 0.15) is 10.7 Å². The van der Waals surface area contributed by atoms with Crippen molar-refractivity contribution >= 4 is 57.1 Å². The van der Waals surface area contributed by atoms with E-state index >= 15 is 0 Å². The van der Waals surface area contributed by atoms with Gasteiger partial charge in [0.25, 0.3) is 5.91 Å². The molecule has 0 radical (unpaired) electrons. The van der Waals surface area contributed by atoms with Gasteiger partial charge in [-0.1, -0.05) is 34.5 Å². The minimum absolute atomic E-state index is 0.183. The van der Waals surface area contributed by atoms with Crippen molar-refractivity contribution in [3.63, 3.8) is 0 Å². The van der Waals surface area contributed by atoms with Crippen molar-refractivity contribution in [1.29, 1.82) is 0 Å². The fourth-order valence-corrected chi connectivity index (χ4v) is 2.92. The molecule has 4 N–H and O–H groups in total. The van der Waals surface area contributed by atoms with Gasteiger partial charge in [-0.05, 0) is 31.5 Å². The molecule has 1 heterocycles. The Morgan fingerprint density at radius 2 is 2.10 bits per heavy atom. The Morgan fingerprint density at radius 1 is 1.38 bits per heavy atom. The minimum atomic E-state index is -0.365. The van der Waals surface area contributed by atoms with E-state index in [1.54, 1.807) is 12.1 Å². The molecule has 1 amide bonds. The van der Waals surface area contributed by atoms with E-state index in [4.69, 9.17) is 28.9 Å². The lowest BCUT2D eigenvalue weighted by Gasteiger charge is -2.08. The number of aryl methyl sites for hydroxylation is 1. The number of anilines is 3. The largest absolute Gasteiger partial charge is 0.382 e. The second kappa shape index (κ2) is 6.51. The summed E-state index contributed by atoms with van der Waals surface area (Å²) in [4.78, 5) is 16.7. The topological polar surface area (TPSA) is 80.0 Å². The Morgan fingerprint density at radius 3 is 2.76 bits per heavy atom. The third kappa shape index (κ3) is 3.58. The molecular formula is C13H14Cl2N4OS. The number of rotatable bonds is 4. The predicted octanol–water partition coefficient (Wildman–Crippen LogP) is 4.02. The summed E-state index contributed by atoms with van der Waals surface area (Å²) in [5.41, 5.74) is 7.04. The van der Waals surface area contributed by atoms with Gasteiger partial charge in [0, 0.05) is 11.6 Å². The van der Waals surface area contributed by atoms with Gasteiger partial charge in [-0.15, -0.1) is 0 Å². The Kier molecular flexibility index (Phi) is 4.92. The summed E-state index contributed by atoms with van der Waals surface area (Å²) < 4.78 is 0. The fraction of sp³-hybridized carbons (Fsp3) is 0.231. The van der Waals surface area contributed by atoms with Gasteiger partial charge < -0.3 is 16.4 Å². The molecule has 0 saturated heterocycles. The molecule has 0 fully saturated rings. The van der Waals surface area contributed by atoms with Gasteiger partial charge in [0.05, 0.1) is 10.7 Å². The van der Waals surface area contributed by atoms with E-state index < -0.39 is 0 Å². The van der Waals surface area contributed by atoms with Crippen molar-refractivity contribution < 1.29 is 4.79 Å². The third-order valence-electron chi connectivity index (χ3n) is 2.68. The number of benzene rings is 1. The maximum absolute atomic E-state index is 12.3. The highest BCUT2D eigenvalue weighted by atomic mass is 35.5. The Labute approximate surface area is 136 Å². The Hall–Kier alpha value is -1.50. The number of halogens is 2. The first-order valence-electron chi connectivity index (χ1n) is 6.19. The highest BCUT2D eigenvalue weighted by molar-refractivity contribution is 7.18. The zero-order valence-electron chi connectivity index (χ0n) is 11.5. The number of thiazole rings is 1. The maximum atomic E-state index is 12.3. The van der Waals surface area contributed by atoms with E-state index in [-0.39, 0.29) is 11.7 Å². The zero-order valence-corrected chi connectivity index (χ0v) is 13.8. The summed E-state index contributed by atoms with van der Waals surface area (Å²) in [6.07, 6.45) is 0. The number of amides is 1. The normalized spacial score (nSPS) is 10.5. The van der Waals surface area contributed by atoms with Crippen LogP contribution in [0.4, 0.5) is 16.6 Å². The van der Waals surface area contributed by atoms with Gasteiger partial charge in [-0.2, -0.15) is 0 Å². The van der Waals surface area contributed by atoms with Crippen molar-refractivity contribution in [1.82, 2.24) is 4.98 Å². The smallest absolute Gasteiger partial charge is 0.269 e. The van der Waals surface area contributed by atoms with Crippen LogP contribution in [0.25, 0.3) is 0 Å². The SMILES string of the molecule is CCNc1nc(N)c(C(=O)Nc2cc(Cl)c(C)cc2Cl)s1. The summed E-state index contributed by atoms with van der Waals surface area (Å²) in [7, 11) is 0. The number of carbonyl (C=O) groups excluding carboxylic acids is 1. The molecule has 0 aliphatic rings. The monoisotopic (exact) mass is 344 g/mol. The maximum Gasteiger partial charge on any atom is 0.269 e. The van der Waals surface area contributed by atoms with Gasteiger partial charge in [0.15, 0.2) is 5.13 Å². The van der Waals surface area contributed by atoms with Crippen LogP contribution in [0.5, 0.6) is 0 Å². The second-order valence-corrected chi connectivity index (χ2v) is 6.11. The molecule has 21 heavy (non-hydrogen) atoms. The number of nitrogen functional groups attached to an aromatic ring is 1. The molecule has 0 atom stereocenters. The molecule has 1 aromatic heterocycles. The number of hydrogen-bond acceptors (Lipinski definition) is 5.